The molecule has 2 aromatic carbocycles. The standard InChI is InChI=1S/C26H25NO8/c1-5-35-26(32)16-7-9-17(10-8-16)27-25(31)19-13-15(6-11-20(19)28)12-18-14(2)21(29)23(33-3)24(34-4)22(18)30/h6-11,13,28H,5,12H2,1-4H3,(H,27,31). The number of carbonyl (C=O) groups excluding carboxylic acids is 4. The third-order valence-electron chi connectivity index (χ3n) is 5.43. The van der Waals surface area contributed by atoms with Gasteiger partial charge in [0.15, 0.2) is 0 Å². The lowest BCUT2D eigenvalue weighted by molar-refractivity contribution is -0.121. The molecule has 0 aromatic heterocycles. The highest BCUT2D eigenvalue weighted by Gasteiger charge is 2.34. The van der Waals surface area contributed by atoms with Crippen LogP contribution in [0.5, 0.6) is 5.75 Å². The van der Waals surface area contributed by atoms with Crippen molar-refractivity contribution in [3.05, 3.63) is 81.8 Å². The number of esters is 1. The molecule has 1 aliphatic carbocycles. The Morgan fingerprint density at radius 2 is 1.57 bits per heavy atom. The highest BCUT2D eigenvalue weighted by Crippen LogP contribution is 2.29. The van der Waals surface area contributed by atoms with E-state index in [-0.39, 0.29) is 47.0 Å². The lowest BCUT2D eigenvalue weighted by atomic mass is 9.88. The van der Waals surface area contributed by atoms with E-state index in [9.17, 15) is 24.3 Å². The zero-order valence-electron chi connectivity index (χ0n) is 19.8. The van der Waals surface area contributed by atoms with Crippen LogP contribution in [0.25, 0.3) is 0 Å². The average Bonchev–Trinajstić information content (AvgIpc) is 2.85. The Hall–Kier alpha value is -4.40. The molecule has 182 valence electrons. The third kappa shape index (κ3) is 5.24. The number of allylic oxidation sites excluding steroid dienone is 2. The molecule has 2 N–H and O–H groups in total. The van der Waals surface area contributed by atoms with Gasteiger partial charge >= 0.3 is 5.97 Å². The van der Waals surface area contributed by atoms with Crippen LogP contribution in [0.4, 0.5) is 5.69 Å². The van der Waals surface area contributed by atoms with Crippen LogP contribution in [0.3, 0.4) is 0 Å². The number of hydrogen-bond acceptors (Lipinski definition) is 8. The van der Waals surface area contributed by atoms with E-state index in [0.717, 1.165) is 0 Å². The lowest BCUT2D eigenvalue weighted by Gasteiger charge is -2.20. The molecular formula is C26H25NO8. The number of carbonyl (C=O) groups is 4. The second-order valence-electron chi connectivity index (χ2n) is 7.61. The van der Waals surface area contributed by atoms with Crippen LogP contribution < -0.4 is 5.32 Å². The number of nitrogens with one attached hydrogen (secondary N) is 1. The van der Waals surface area contributed by atoms with Crippen LogP contribution in [0.1, 0.15) is 40.1 Å². The molecule has 0 fully saturated rings. The second kappa shape index (κ2) is 10.7. The number of ketones is 2. The molecule has 9 nitrogen and oxygen atoms in total. The first kappa shape index (κ1) is 25.2. The minimum Gasteiger partial charge on any atom is -0.507 e. The molecule has 0 heterocycles. The Kier molecular flexibility index (Phi) is 7.70. The van der Waals surface area contributed by atoms with E-state index < -0.39 is 23.4 Å². The number of methoxy groups -OCH3 is 2. The largest absolute Gasteiger partial charge is 0.507 e. The number of rotatable bonds is 8. The summed E-state index contributed by atoms with van der Waals surface area (Å²) in [5, 5.41) is 12.9. The van der Waals surface area contributed by atoms with E-state index in [1.165, 1.54) is 57.5 Å². The Labute approximate surface area is 202 Å². The summed E-state index contributed by atoms with van der Waals surface area (Å²) in [7, 11) is 2.56. The highest BCUT2D eigenvalue weighted by atomic mass is 16.5. The van der Waals surface area contributed by atoms with Gasteiger partial charge in [0, 0.05) is 23.3 Å². The third-order valence-corrected chi connectivity index (χ3v) is 5.43. The first-order valence-corrected chi connectivity index (χ1v) is 10.7. The summed E-state index contributed by atoms with van der Waals surface area (Å²) in [5.74, 6) is -2.60. The summed E-state index contributed by atoms with van der Waals surface area (Å²) in [4.78, 5) is 50.1. The van der Waals surface area contributed by atoms with Gasteiger partial charge in [0.05, 0.1) is 32.0 Å². The molecule has 35 heavy (non-hydrogen) atoms. The van der Waals surface area contributed by atoms with E-state index in [2.05, 4.69) is 5.32 Å². The van der Waals surface area contributed by atoms with E-state index in [0.29, 0.717) is 16.8 Å². The molecule has 0 unspecified atom stereocenters. The molecule has 0 bridgehead atoms. The van der Waals surface area contributed by atoms with Crippen molar-refractivity contribution in [3.63, 3.8) is 0 Å². The van der Waals surface area contributed by atoms with Gasteiger partial charge < -0.3 is 24.6 Å². The summed E-state index contributed by atoms with van der Waals surface area (Å²) < 4.78 is 15.1. The maximum Gasteiger partial charge on any atom is 0.338 e. The minimum atomic E-state index is -0.593. The van der Waals surface area contributed by atoms with Crippen molar-refractivity contribution < 1.29 is 38.5 Å². The number of amides is 1. The minimum absolute atomic E-state index is 0.0232. The van der Waals surface area contributed by atoms with Gasteiger partial charge in [0.25, 0.3) is 5.91 Å². The van der Waals surface area contributed by atoms with Crippen LogP contribution >= 0.6 is 0 Å². The Bertz CT molecular complexity index is 1250. The maximum atomic E-state index is 12.9. The van der Waals surface area contributed by atoms with Crippen LogP contribution in [-0.2, 0) is 30.2 Å². The van der Waals surface area contributed by atoms with Gasteiger partial charge in [-0.15, -0.1) is 0 Å². The number of Topliss-reactive ketones (excluding diaryl/α,β-unsaturated/α-hetero) is 2. The summed E-state index contributed by atoms with van der Waals surface area (Å²) >= 11 is 0. The van der Waals surface area contributed by atoms with Gasteiger partial charge in [-0.3, -0.25) is 14.4 Å². The highest BCUT2D eigenvalue weighted by molar-refractivity contribution is 6.23. The normalized spacial score (nSPS) is 13.6. The van der Waals surface area contributed by atoms with Gasteiger partial charge in [-0.1, -0.05) is 6.07 Å². The number of hydrogen-bond donors (Lipinski definition) is 2. The molecule has 0 spiro atoms. The van der Waals surface area contributed by atoms with Crippen molar-refractivity contribution in [1.82, 2.24) is 0 Å². The predicted octanol–water partition coefficient (Wildman–Crippen LogP) is 3.34. The van der Waals surface area contributed by atoms with E-state index in [1.807, 2.05) is 0 Å². The molecule has 9 heteroatoms. The fourth-order valence-electron chi connectivity index (χ4n) is 3.59. The van der Waals surface area contributed by atoms with Gasteiger partial charge in [-0.05, 0) is 55.8 Å². The summed E-state index contributed by atoms with van der Waals surface area (Å²) in [6, 6.07) is 10.4. The van der Waals surface area contributed by atoms with Gasteiger partial charge in [-0.25, -0.2) is 4.79 Å². The van der Waals surface area contributed by atoms with Crippen molar-refractivity contribution in [3.8, 4) is 5.75 Å². The van der Waals surface area contributed by atoms with Crippen molar-refractivity contribution in [2.75, 3.05) is 26.1 Å². The van der Waals surface area contributed by atoms with Crippen molar-refractivity contribution >= 4 is 29.1 Å². The molecule has 0 atom stereocenters. The number of aromatic hydroxyl groups is 1. The van der Waals surface area contributed by atoms with E-state index in [4.69, 9.17) is 14.2 Å². The molecule has 0 saturated carbocycles. The monoisotopic (exact) mass is 479 g/mol. The van der Waals surface area contributed by atoms with Crippen LogP contribution in [0.2, 0.25) is 0 Å². The molecule has 2 aromatic rings. The fourth-order valence-corrected chi connectivity index (χ4v) is 3.59. The zero-order chi connectivity index (χ0) is 25.7. The first-order chi connectivity index (χ1) is 16.7. The van der Waals surface area contributed by atoms with Crippen molar-refractivity contribution in [1.29, 1.82) is 0 Å². The average molecular weight is 479 g/mol. The smallest absolute Gasteiger partial charge is 0.338 e. The number of anilines is 1. The van der Waals surface area contributed by atoms with Gasteiger partial charge in [0.2, 0.25) is 23.1 Å². The molecule has 1 aliphatic rings. The van der Waals surface area contributed by atoms with Crippen LogP contribution in [0.15, 0.2) is 65.1 Å². The fraction of sp³-hybridized carbons (Fsp3) is 0.231. The number of phenols is 1. The van der Waals surface area contributed by atoms with Crippen LogP contribution in [0, 0.1) is 0 Å². The van der Waals surface area contributed by atoms with E-state index >= 15 is 0 Å². The molecular weight excluding hydrogens is 454 g/mol. The quantitative estimate of drug-likeness (QED) is 0.436. The van der Waals surface area contributed by atoms with Gasteiger partial charge in [-0.2, -0.15) is 0 Å². The Morgan fingerprint density at radius 1 is 0.943 bits per heavy atom. The van der Waals surface area contributed by atoms with Crippen molar-refractivity contribution in [2.45, 2.75) is 20.3 Å². The van der Waals surface area contributed by atoms with Gasteiger partial charge in [0.1, 0.15) is 5.75 Å². The summed E-state index contributed by atoms with van der Waals surface area (Å²) in [6.07, 6.45) is 0.0368. The molecule has 3 rings (SSSR count). The molecule has 1 amide bonds. The molecule has 0 aliphatic heterocycles. The van der Waals surface area contributed by atoms with Crippen LogP contribution in [-0.4, -0.2) is 49.4 Å². The van der Waals surface area contributed by atoms with Crippen molar-refractivity contribution in [2.24, 2.45) is 0 Å². The molecule has 0 radical (unpaired) electrons. The SMILES string of the molecule is CCOC(=O)c1ccc(NC(=O)c2cc(CC3=C(C)C(=O)C(OC)=C(OC)C3=O)ccc2O)cc1. The maximum absolute atomic E-state index is 12.9. The second-order valence-corrected chi connectivity index (χ2v) is 7.61. The topological polar surface area (TPSA) is 128 Å². The number of ether oxygens (including phenoxy) is 3. The Morgan fingerprint density at radius 3 is 2.17 bits per heavy atom. The number of benzene rings is 2. The summed E-state index contributed by atoms with van der Waals surface area (Å²) in [5.41, 5.74) is 1.67. The zero-order valence-corrected chi connectivity index (χ0v) is 19.8. The first-order valence-electron chi connectivity index (χ1n) is 10.7. The summed E-state index contributed by atoms with van der Waals surface area (Å²) in [6.45, 7) is 3.48. The Balaban J connectivity index is 1.82. The lowest BCUT2D eigenvalue weighted by Crippen LogP contribution is -2.26. The molecule has 0 saturated heterocycles. The number of phenolic OH excluding ortho intramolecular Hbond substituents is 1. The van der Waals surface area contributed by atoms with E-state index in [1.54, 1.807) is 13.0 Å². The predicted molar refractivity (Wildman–Crippen MR) is 126 cm³/mol.